The Morgan fingerprint density at radius 2 is 1.92 bits per heavy atom. The fourth-order valence-electron chi connectivity index (χ4n) is 6.03. The summed E-state index contributed by atoms with van der Waals surface area (Å²) in [6.45, 7) is 2.60. The molecule has 3 fully saturated rings. The molecule has 2 unspecified atom stereocenters. The molecule has 5 rings (SSSR count). The molecule has 0 radical (unpaired) electrons. The fraction of sp³-hybridized carbons (Fsp3) is 0.444. The number of ether oxygens (including phenoxy) is 1. The Labute approximate surface area is 225 Å². The molecule has 1 spiro atoms. The maximum absolute atomic E-state index is 13.8. The van der Waals surface area contributed by atoms with E-state index in [0.717, 1.165) is 6.42 Å². The molecule has 2 aromatic rings. The van der Waals surface area contributed by atoms with Crippen LogP contribution in [-0.2, 0) is 14.4 Å². The van der Waals surface area contributed by atoms with Gasteiger partial charge in [-0.05, 0) is 62.6 Å². The van der Waals surface area contributed by atoms with E-state index in [-0.39, 0.29) is 36.1 Å². The van der Waals surface area contributed by atoms with Gasteiger partial charge in [-0.3, -0.25) is 14.4 Å². The van der Waals surface area contributed by atoms with E-state index in [2.05, 4.69) is 10.6 Å². The van der Waals surface area contributed by atoms with Crippen LogP contribution in [0.25, 0.3) is 0 Å². The number of aliphatic hydroxyl groups excluding tert-OH is 1. The first-order chi connectivity index (χ1) is 17.9. The molecule has 10 heteroatoms. The van der Waals surface area contributed by atoms with Gasteiger partial charge in [-0.25, -0.2) is 0 Å². The molecule has 0 aromatic heterocycles. The molecule has 196 valence electrons. The Morgan fingerprint density at radius 3 is 2.62 bits per heavy atom. The number of carbonyl (C=O) groups excluding carboxylic acids is 3. The Balaban J connectivity index is 1.42. The van der Waals surface area contributed by atoms with E-state index in [9.17, 15) is 19.5 Å². The quantitative estimate of drug-likeness (QED) is 0.444. The first kappa shape index (κ1) is 25.9. The summed E-state index contributed by atoms with van der Waals surface area (Å²) in [5, 5.41) is 15.7. The molecule has 8 nitrogen and oxygen atoms in total. The normalized spacial score (nSPS) is 27.8. The number of nitrogens with zero attached hydrogens (tertiary/aromatic N) is 1. The Kier molecular flexibility index (Phi) is 7.38. The van der Waals surface area contributed by atoms with Crippen LogP contribution in [0.5, 0.6) is 5.75 Å². The van der Waals surface area contributed by atoms with E-state index in [4.69, 9.17) is 16.3 Å². The summed E-state index contributed by atoms with van der Waals surface area (Å²) in [4.78, 5) is 42.7. The predicted octanol–water partition coefficient (Wildman–Crippen LogP) is 3.79. The highest BCUT2D eigenvalue weighted by atomic mass is 35.5. The zero-order chi connectivity index (χ0) is 26.2. The molecule has 5 atom stereocenters. The summed E-state index contributed by atoms with van der Waals surface area (Å²) in [5.41, 5.74) is 1.11. The van der Waals surface area contributed by atoms with Gasteiger partial charge in [-0.15, -0.1) is 11.8 Å². The molecule has 3 saturated heterocycles. The number of carbonyl (C=O) groups is 3. The molecule has 2 bridgehead atoms. The summed E-state index contributed by atoms with van der Waals surface area (Å²) in [5.74, 6) is -1.17. The highest BCUT2D eigenvalue weighted by Gasteiger charge is 2.73. The lowest BCUT2D eigenvalue weighted by molar-refractivity contribution is -0.138. The van der Waals surface area contributed by atoms with E-state index >= 15 is 0 Å². The number of likely N-dealkylation sites (tertiary alicyclic amines) is 1. The standard InChI is InChI=1S/C27H30ClN3O5S/c1-2-36-17-10-8-16(9-11-17)29-24(33)21-20-12-13-27(37-20)22(21)26(35)31(14-5-15-32)23(27)25(34)30-19-7-4-3-6-18(19)28/h3-4,6-11,20-23,32H,2,5,12-15H2,1H3,(H,29,33)(H,30,34)/t20-,21+,22-,23?,27?/m0/s1. The number of para-hydroxylation sites is 1. The van der Waals surface area contributed by atoms with E-state index in [1.165, 1.54) is 0 Å². The van der Waals surface area contributed by atoms with E-state index in [1.54, 1.807) is 65.2 Å². The molecule has 0 aliphatic carbocycles. The molecular formula is C27H30ClN3O5S. The van der Waals surface area contributed by atoms with Gasteiger partial charge in [0.1, 0.15) is 11.8 Å². The van der Waals surface area contributed by atoms with Gasteiger partial charge in [-0.1, -0.05) is 23.7 Å². The van der Waals surface area contributed by atoms with E-state index in [1.807, 2.05) is 6.92 Å². The topological polar surface area (TPSA) is 108 Å². The van der Waals surface area contributed by atoms with Crippen LogP contribution < -0.4 is 15.4 Å². The summed E-state index contributed by atoms with van der Waals surface area (Å²) in [6.07, 6.45) is 1.77. The summed E-state index contributed by atoms with van der Waals surface area (Å²) < 4.78 is 4.77. The zero-order valence-corrected chi connectivity index (χ0v) is 22.1. The molecule has 0 saturated carbocycles. The number of hydrogen-bond donors (Lipinski definition) is 3. The van der Waals surface area contributed by atoms with Crippen molar-refractivity contribution in [3.8, 4) is 5.75 Å². The molecule has 3 aliphatic heterocycles. The molecule has 3 heterocycles. The molecule has 3 amide bonds. The van der Waals surface area contributed by atoms with Gasteiger partial charge in [0.05, 0.1) is 33.9 Å². The third kappa shape index (κ3) is 4.57. The van der Waals surface area contributed by atoms with Crippen LogP contribution in [0.15, 0.2) is 48.5 Å². The number of halogens is 1. The number of rotatable bonds is 9. The van der Waals surface area contributed by atoms with E-state index in [0.29, 0.717) is 41.6 Å². The first-order valence-corrected chi connectivity index (χ1v) is 13.8. The summed E-state index contributed by atoms with van der Waals surface area (Å²) in [6, 6.07) is 13.4. The van der Waals surface area contributed by atoms with Crippen molar-refractivity contribution in [2.75, 3.05) is 30.4 Å². The number of fused-ring (bicyclic) bond motifs is 1. The lowest BCUT2D eigenvalue weighted by Crippen LogP contribution is -2.51. The Morgan fingerprint density at radius 1 is 1.16 bits per heavy atom. The minimum atomic E-state index is -0.758. The second kappa shape index (κ2) is 10.6. The van der Waals surface area contributed by atoms with Crippen molar-refractivity contribution in [3.05, 3.63) is 53.6 Å². The number of nitrogens with one attached hydrogen (secondary N) is 2. The highest BCUT2D eigenvalue weighted by Crippen LogP contribution is 2.66. The largest absolute Gasteiger partial charge is 0.494 e. The van der Waals surface area contributed by atoms with Crippen molar-refractivity contribution in [3.63, 3.8) is 0 Å². The van der Waals surface area contributed by atoms with Gasteiger partial charge in [0.15, 0.2) is 0 Å². The first-order valence-electron chi connectivity index (χ1n) is 12.6. The third-order valence-corrected chi connectivity index (χ3v) is 9.75. The number of thioether (sulfide) groups is 1. The van der Waals surface area contributed by atoms with Gasteiger partial charge in [0.2, 0.25) is 17.7 Å². The lowest BCUT2D eigenvalue weighted by atomic mass is 9.70. The number of hydrogen-bond acceptors (Lipinski definition) is 6. The fourth-order valence-corrected chi connectivity index (χ4v) is 8.43. The number of benzene rings is 2. The van der Waals surface area contributed by atoms with Gasteiger partial charge < -0.3 is 25.4 Å². The smallest absolute Gasteiger partial charge is 0.248 e. The second-order valence-electron chi connectivity index (χ2n) is 9.58. The Hall–Kier alpha value is -2.75. The van der Waals surface area contributed by atoms with Crippen LogP contribution in [0.1, 0.15) is 26.2 Å². The van der Waals surface area contributed by atoms with Crippen molar-refractivity contribution in [2.24, 2.45) is 11.8 Å². The maximum Gasteiger partial charge on any atom is 0.248 e. The van der Waals surface area contributed by atoms with Crippen molar-refractivity contribution < 1.29 is 24.2 Å². The number of anilines is 2. The van der Waals surface area contributed by atoms with Gasteiger partial charge in [0, 0.05) is 24.1 Å². The summed E-state index contributed by atoms with van der Waals surface area (Å²) >= 11 is 7.88. The zero-order valence-electron chi connectivity index (χ0n) is 20.5. The van der Waals surface area contributed by atoms with Crippen LogP contribution in [0, 0.1) is 11.8 Å². The number of aliphatic hydroxyl groups is 1. The maximum atomic E-state index is 13.8. The molecular weight excluding hydrogens is 514 g/mol. The second-order valence-corrected chi connectivity index (χ2v) is 11.6. The van der Waals surface area contributed by atoms with Gasteiger partial charge in [-0.2, -0.15) is 0 Å². The van der Waals surface area contributed by atoms with Crippen LogP contribution in [0.4, 0.5) is 11.4 Å². The average molecular weight is 544 g/mol. The number of amides is 3. The molecule has 2 aromatic carbocycles. The van der Waals surface area contributed by atoms with Gasteiger partial charge in [0.25, 0.3) is 0 Å². The predicted molar refractivity (Wildman–Crippen MR) is 144 cm³/mol. The monoisotopic (exact) mass is 543 g/mol. The van der Waals surface area contributed by atoms with Crippen LogP contribution in [0.2, 0.25) is 5.02 Å². The SMILES string of the molecule is CCOc1ccc(NC(=O)[C@@H]2[C@@H]3CCC4(S3)C(C(=O)Nc3ccccc3Cl)N(CCCO)C(=O)[C@H]24)cc1. The van der Waals surface area contributed by atoms with Crippen LogP contribution in [-0.4, -0.2) is 63.5 Å². The van der Waals surface area contributed by atoms with Crippen LogP contribution in [0.3, 0.4) is 0 Å². The highest BCUT2D eigenvalue weighted by molar-refractivity contribution is 8.02. The minimum Gasteiger partial charge on any atom is -0.494 e. The average Bonchev–Trinajstić information content (AvgIpc) is 3.53. The molecule has 3 aliphatic rings. The van der Waals surface area contributed by atoms with Crippen molar-refractivity contribution >= 4 is 52.5 Å². The molecule has 3 N–H and O–H groups in total. The van der Waals surface area contributed by atoms with E-state index < -0.39 is 22.6 Å². The van der Waals surface area contributed by atoms with Crippen LogP contribution >= 0.6 is 23.4 Å². The summed E-state index contributed by atoms with van der Waals surface area (Å²) in [7, 11) is 0. The Bertz CT molecular complexity index is 1190. The van der Waals surface area contributed by atoms with Gasteiger partial charge >= 0.3 is 0 Å². The molecule has 37 heavy (non-hydrogen) atoms. The minimum absolute atomic E-state index is 0.0488. The lowest BCUT2D eigenvalue weighted by Gasteiger charge is -2.34. The van der Waals surface area contributed by atoms with Crippen molar-refractivity contribution in [2.45, 2.75) is 42.2 Å². The van der Waals surface area contributed by atoms with Crippen molar-refractivity contribution in [1.29, 1.82) is 0 Å². The third-order valence-electron chi connectivity index (χ3n) is 7.47. The van der Waals surface area contributed by atoms with Crippen molar-refractivity contribution in [1.82, 2.24) is 4.90 Å².